The number of hydrogen-bond donors (Lipinski definition) is 4. The van der Waals surface area contributed by atoms with E-state index in [2.05, 4.69) is 40.2 Å². The van der Waals surface area contributed by atoms with Gasteiger partial charge < -0.3 is 10.3 Å². The number of aromatic nitrogens is 6. The molecule has 11 nitrogen and oxygen atoms in total. The zero-order valence-corrected chi connectivity index (χ0v) is 25.5. The zero-order valence-electron chi connectivity index (χ0n) is 24.7. The number of benzene rings is 2. The van der Waals surface area contributed by atoms with Crippen LogP contribution in [0.1, 0.15) is 26.3 Å². The lowest BCUT2D eigenvalue weighted by Crippen LogP contribution is -2.27. The van der Waals surface area contributed by atoms with Gasteiger partial charge in [0.25, 0.3) is 0 Å². The van der Waals surface area contributed by atoms with Gasteiger partial charge in [0.15, 0.2) is 11.5 Å². The Kier molecular flexibility index (Phi) is 7.41. The molecule has 0 spiro atoms. The molecule has 230 valence electrons. The van der Waals surface area contributed by atoms with E-state index in [-0.39, 0.29) is 34.9 Å². The Morgan fingerprint density at radius 2 is 1.80 bits per heavy atom. The van der Waals surface area contributed by atoms with Crippen LogP contribution in [-0.4, -0.2) is 50.7 Å². The van der Waals surface area contributed by atoms with E-state index in [4.69, 9.17) is 0 Å². The summed E-state index contributed by atoms with van der Waals surface area (Å²) in [6.45, 7) is 5.28. The number of imidazole rings is 1. The van der Waals surface area contributed by atoms with Gasteiger partial charge in [-0.25, -0.2) is 31.9 Å². The molecule has 0 saturated carbocycles. The van der Waals surface area contributed by atoms with Crippen LogP contribution >= 0.6 is 0 Å². The van der Waals surface area contributed by atoms with E-state index in [0.717, 1.165) is 6.26 Å². The minimum Gasteiger partial charge on any atom is -0.335 e. The van der Waals surface area contributed by atoms with Crippen molar-refractivity contribution in [3.05, 3.63) is 78.3 Å². The molecule has 0 unspecified atom stereocenters. The Morgan fingerprint density at radius 3 is 2.56 bits per heavy atom. The van der Waals surface area contributed by atoms with E-state index in [1.165, 1.54) is 30.7 Å². The smallest absolute Gasteiger partial charge is 0.229 e. The summed E-state index contributed by atoms with van der Waals surface area (Å²) in [6, 6.07) is 10.8. The van der Waals surface area contributed by atoms with Crippen LogP contribution in [0.15, 0.2) is 61.1 Å². The highest BCUT2D eigenvalue weighted by Crippen LogP contribution is 2.36. The Hall–Kier alpha value is -5.08. The number of carbonyl (C=O) groups excluding carboxylic acids is 1. The number of pyridine rings is 2. The van der Waals surface area contributed by atoms with Gasteiger partial charge in [0.05, 0.1) is 34.6 Å². The van der Waals surface area contributed by atoms with E-state index in [9.17, 15) is 17.6 Å². The van der Waals surface area contributed by atoms with Crippen LogP contribution in [-0.2, 0) is 21.4 Å². The molecule has 1 amide bonds. The van der Waals surface area contributed by atoms with E-state index < -0.39 is 27.1 Å². The minimum absolute atomic E-state index is 0.0890. The normalized spacial score (nSPS) is 12.2. The molecule has 0 saturated heterocycles. The molecule has 6 aromatic rings. The number of carbonyl (C=O) groups is 1. The Labute approximate surface area is 256 Å². The van der Waals surface area contributed by atoms with E-state index in [1.807, 2.05) is 0 Å². The number of anilines is 1. The number of fused-ring (bicyclic) bond motifs is 2. The molecule has 2 aromatic carbocycles. The molecule has 0 aliphatic carbocycles. The average molecular weight is 631 g/mol. The number of rotatable bonds is 7. The van der Waals surface area contributed by atoms with Crippen molar-refractivity contribution in [1.29, 1.82) is 0 Å². The summed E-state index contributed by atoms with van der Waals surface area (Å²) in [7, 11) is -3.48. The van der Waals surface area contributed by atoms with Gasteiger partial charge in [0, 0.05) is 41.0 Å². The van der Waals surface area contributed by atoms with Gasteiger partial charge in [-0.1, -0.05) is 20.8 Å². The maximum absolute atomic E-state index is 16.2. The summed E-state index contributed by atoms with van der Waals surface area (Å²) in [5.74, 6) is -1.09. The Morgan fingerprint density at radius 1 is 1.00 bits per heavy atom. The van der Waals surface area contributed by atoms with E-state index in [0.29, 0.717) is 44.6 Å². The second kappa shape index (κ2) is 11.1. The number of nitrogens with one attached hydrogen (secondary N) is 4. The molecule has 0 fully saturated rings. The van der Waals surface area contributed by atoms with Crippen molar-refractivity contribution >= 4 is 43.7 Å². The highest BCUT2D eigenvalue weighted by atomic mass is 32.2. The first-order chi connectivity index (χ1) is 21.3. The zero-order chi connectivity index (χ0) is 32.1. The molecule has 4 heterocycles. The van der Waals surface area contributed by atoms with Gasteiger partial charge >= 0.3 is 0 Å². The number of halogens is 2. The van der Waals surface area contributed by atoms with E-state index in [1.54, 1.807) is 51.1 Å². The largest absolute Gasteiger partial charge is 0.335 e. The maximum Gasteiger partial charge on any atom is 0.229 e. The maximum atomic E-state index is 16.2. The average Bonchev–Trinajstić information content (AvgIpc) is 3.60. The first kappa shape index (κ1) is 30.0. The number of amides is 1. The fraction of sp³-hybridized carbons (Fsp3) is 0.194. The second-order valence-electron chi connectivity index (χ2n) is 11.7. The lowest BCUT2D eigenvalue weighted by molar-refractivity contribution is -0.123. The Bertz CT molecular complexity index is 2220. The number of H-pyrrole nitrogens is 2. The summed E-state index contributed by atoms with van der Waals surface area (Å²) in [4.78, 5) is 28.7. The van der Waals surface area contributed by atoms with Gasteiger partial charge in [-0.05, 0) is 53.6 Å². The number of sulfonamides is 1. The number of hydrogen-bond acceptors (Lipinski definition) is 7. The van der Waals surface area contributed by atoms with Crippen LogP contribution in [0.2, 0.25) is 0 Å². The minimum atomic E-state index is -3.48. The molecule has 0 aliphatic heterocycles. The molecule has 6 rings (SSSR count). The fourth-order valence-corrected chi connectivity index (χ4v) is 5.26. The summed E-state index contributed by atoms with van der Waals surface area (Å²) in [6.07, 6.45) is 5.54. The molecule has 0 radical (unpaired) electrons. The molecule has 4 N–H and O–H groups in total. The predicted octanol–water partition coefficient (Wildman–Crippen LogP) is 5.54. The van der Waals surface area contributed by atoms with Crippen molar-refractivity contribution in [2.45, 2.75) is 27.3 Å². The first-order valence-electron chi connectivity index (χ1n) is 13.8. The van der Waals surface area contributed by atoms with Crippen molar-refractivity contribution in [1.82, 2.24) is 34.9 Å². The summed E-state index contributed by atoms with van der Waals surface area (Å²) < 4.78 is 56.3. The third-order valence-electron chi connectivity index (χ3n) is 7.08. The number of nitrogens with zero attached hydrogens (tertiary/aromatic N) is 4. The van der Waals surface area contributed by atoms with Gasteiger partial charge in [0.2, 0.25) is 15.9 Å². The predicted molar refractivity (Wildman–Crippen MR) is 167 cm³/mol. The van der Waals surface area contributed by atoms with Crippen LogP contribution in [0.5, 0.6) is 0 Å². The lowest BCUT2D eigenvalue weighted by Gasteiger charge is -2.17. The third kappa shape index (κ3) is 6.14. The number of aromatic amines is 2. The summed E-state index contributed by atoms with van der Waals surface area (Å²) in [5.41, 5.74) is 3.33. The lowest BCUT2D eigenvalue weighted by atomic mass is 9.95. The van der Waals surface area contributed by atoms with Gasteiger partial charge in [-0.2, -0.15) is 5.10 Å². The molecule has 4 aromatic heterocycles. The van der Waals surface area contributed by atoms with Crippen LogP contribution in [0.3, 0.4) is 0 Å². The molecule has 14 heteroatoms. The van der Waals surface area contributed by atoms with Crippen molar-refractivity contribution < 1.29 is 22.0 Å². The van der Waals surface area contributed by atoms with Crippen molar-refractivity contribution in [3.63, 3.8) is 0 Å². The summed E-state index contributed by atoms with van der Waals surface area (Å²) >= 11 is 0. The molecular formula is C31H28F2N8O3S. The van der Waals surface area contributed by atoms with Crippen molar-refractivity contribution in [3.8, 4) is 33.8 Å². The molecule has 45 heavy (non-hydrogen) atoms. The van der Waals surface area contributed by atoms with Gasteiger partial charge in [-0.15, -0.1) is 0 Å². The second-order valence-corrected chi connectivity index (χ2v) is 13.5. The highest BCUT2D eigenvalue weighted by molar-refractivity contribution is 7.88. The van der Waals surface area contributed by atoms with Crippen LogP contribution in [0.25, 0.3) is 55.8 Å². The van der Waals surface area contributed by atoms with Crippen molar-refractivity contribution in [2.24, 2.45) is 5.41 Å². The van der Waals surface area contributed by atoms with Crippen LogP contribution in [0.4, 0.5) is 14.5 Å². The standard InChI is InChI=1S/C31H28F2N8O3S/c1-31(2,3)30(42)37-20-12-18(14-34-15-20)21-5-6-23-24(25(21)33)27(41-40-23)29-38-26-22(7-8-35-28(26)39-29)17-9-16(10-19(32)11-17)13-36-45(4,43)44/h5-12,14-15,36H,13H2,1-4H3,(H,37,42)(H,40,41)(H,35,38,39). The van der Waals surface area contributed by atoms with E-state index >= 15 is 4.39 Å². The van der Waals surface area contributed by atoms with Crippen molar-refractivity contribution in [2.75, 3.05) is 11.6 Å². The van der Waals surface area contributed by atoms with Crippen LogP contribution < -0.4 is 10.0 Å². The molecule has 0 bridgehead atoms. The third-order valence-corrected chi connectivity index (χ3v) is 7.75. The highest BCUT2D eigenvalue weighted by Gasteiger charge is 2.23. The first-order valence-corrected chi connectivity index (χ1v) is 15.7. The molecule has 0 aliphatic rings. The fourth-order valence-electron chi connectivity index (χ4n) is 4.83. The quantitative estimate of drug-likeness (QED) is 0.180. The van der Waals surface area contributed by atoms with Gasteiger partial charge in [-0.3, -0.25) is 14.9 Å². The molecular weight excluding hydrogens is 602 g/mol. The monoisotopic (exact) mass is 630 g/mol. The Balaban J connectivity index is 1.40. The molecule has 0 atom stereocenters. The van der Waals surface area contributed by atoms with Gasteiger partial charge in [0.1, 0.15) is 17.3 Å². The summed E-state index contributed by atoms with van der Waals surface area (Å²) in [5, 5.41) is 10.2. The SMILES string of the molecule is CC(C)(C)C(=O)Nc1cncc(-c2ccc3[nH]nc(-c4nc5nccc(-c6cc(F)cc(CNS(C)(=O)=O)c6)c5[nH]4)c3c2F)c1. The topological polar surface area (TPSA) is 158 Å². The van der Waals surface area contributed by atoms with Crippen LogP contribution in [0, 0.1) is 17.0 Å².